The van der Waals surface area contributed by atoms with E-state index in [2.05, 4.69) is 43.0 Å². The number of ether oxygens (including phenoxy) is 3. The topological polar surface area (TPSA) is 68.2 Å². The number of piperidine rings is 1. The normalized spacial score (nSPS) is 17.9. The molecule has 6 nitrogen and oxygen atoms in total. The van der Waals surface area contributed by atoms with Crippen LogP contribution in [0.4, 0.5) is 0 Å². The summed E-state index contributed by atoms with van der Waals surface area (Å²) in [6.07, 6.45) is 1.56. The summed E-state index contributed by atoms with van der Waals surface area (Å²) < 4.78 is 16.7. The maximum atomic E-state index is 11.7. The molecule has 2 aromatic carbocycles. The number of hydrogen-bond donors (Lipinski definition) is 1. The molecule has 1 aliphatic rings. The fraction of sp³-hybridized carbons (Fsp3) is 0.480. The number of benzene rings is 2. The van der Waals surface area contributed by atoms with Gasteiger partial charge in [0.25, 0.3) is 0 Å². The second kappa shape index (κ2) is 10.1. The van der Waals surface area contributed by atoms with Gasteiger partial charge in [0.1, 0.15) is 0 Å². The van der Waals surface area contributed by atoms with Gasteiger partial charge in [-0.2, -0.15) is 0 Å². The summed E-state index contributed by atoms with van der Waals surface area (Å²) in [5.41, 5.74) is 3.37. The molecule has 0 spiro atoms. The van der Waals surface area contributed by atoms with E-state index in [4.69, 9.17) is 14.2 Å². The summed E-state index contributed by atoms with van der Waals surface area (Å²) in [4.78, 5) is 14.0. The zero-order valence-corrected chi connectivity index (χ0v) is 19.1. The Morgan fingerprint density at radius 1 is 0.968 bits per heavy atom. The Bertz CT molecular complexity index is 868. The maximum Gasteiger partial charge on any atom is 0.307 e. The van der Waals surface area contributed by atoms with Crippen LogP contribution in [0.25, 0.3) is 0 Å². The molecule has 1 heterocycles. The molecule has 0 aliphatic carbocycles. The number of likely N-dealkylation sites (tertiary alicyclic amines) is 1. The maximum absolute atomic E-state index is 11.7. The Morgan fingerprint density at radius 2 is 1.55 bits per heavy atom. The molecular formula is C25H33NO5. The Labute approximate surface area is 184 Å². The Balaban J connectivity index is 2.10. The van der Waals surface area contributed by atoms with Gasteiger partial charge in [-0.1, -0.05) is 38.1 Å². The third-order valence-electron chi connectivity index (χ3n) is 6.09. The zero-order valence-electron chi connectivity index (χ0n) is 19.1. The van der Waals surface area contributed by atoms with Crippen LogP contribution in [0.2, 0.25) is 0 Å². The van der Waals surface area contributed by atoms with Crippen molar-refractivity contribution >= 4 is 5.97 Å². The van der Waals surface area contributed by atoms with E-state index in [1.54, 1.807) is 21.3 Å². The van der Waals surface area contributed by atoms with Crippen LogP contribution in [-0.2, 0) is 4.79 Å². The van der Waals surface area contributed by atoms with E-state index >= 15 is 0 Å². The highest BCUT2D eigenvalue weighted by Crippen LogP contribution is 2.43. The Morgan fingerprint density at radius 3 is 2.03 bits per heavy atom. The standard InChI is InChI=1S/C25H33NO5/c1-16(2)17-8-10-18(11-9-17)23(26-12-6-7-19(15-26)25(27)28)20-13-21(29-3)24(31-5)22(14-20)30-4/h8-11,13-14,16,19,23H,6-7,12,15H2,1-5H3,(H,27,28). The quantitative estimate of drug-likeness (QED) is 0.657. The molecule has 31 heavy (non-hydrogen) atoms. The van der Waals surface area contributed by atoms with Crippen molar-refractivity contribution in [2.24, 2.45) is 5.92 Å². The number of rotatable bonds is 8. The fourth-order valence-electron chi connectivity index (χ4n) is 4.38. The number of hydrogen-bond acceptors (Lipinski definition) is 5. The van der Waals surface area contributed by atoms with E-state index in [1.165, 1.54) is 5.56 Å². The minimum absolute atomic E-state index is 0.114. The van der Waals surface area contributed by atoms with Crippen molar-refractivity contribution in [1.82, 2.24) is 4.90 Å². The molecule has 6 heteroatoms. The van der Waals surface area contributed by atoms with Crippen LogP contribution < -0.4 is 14.2 Å². The molecule has 0 aromatic heterocycles. The molecule has 1 saturated heterocycles. The molecule has 168 valence electrons. The number of nitrogens with zero attached hydrogens (tertiary/aromatic N) is 1. The summed E-state index contributed by atoms with van der Waals surface area (Å²) in [5, 5.41) is 9.63. The Kier molecular flexibility index (Phi) is 7.44. The first kappa shape index (κ1) is 22.9. The number of aliphatic carboxylic acids is 1. The first-order valence-electron chi connectivity index (χ1n) is 10.8. The molecule has 3 rings (SSSR count). The van der Waals surface area contributed by atoms with Gasteiger partial charge in [-0.25, -0.2) is 0 Å². The van der Waals surface area contributed by atoms with Gasteiger partial charge in [0.2, 0.25) is 5.75 Å². The van der Waals surface area contributed by atoms with Crippen LogP contribution in [0.5, 0.6) is 17.2 Å². The molecule has 1 fully saturated rings. The largest absolute Gasteiger partial charge is 0.493 e. The van der Waals surface area contributed by atoms with Gasteiger partial charge in [0, 0.05) is 6.54 Å². The summed E-state index contributed by atoms with van der Waals surface area (Å²) in [5.74, 6) is 1.07. The lowest BCUT2D eigenvalue weighted by Crippen LogP contribution is -2.41. The molecule has 0 saturated carbocycles. The van der Waals surface area contributed by atoms with Crippen LogP contribution >= 0.6 is 0 Å². The average Bonchev–Trinajstić information content (AvgIpc) is 2.79. The molecule has 0 radical (unpaired) electrons. The van der Waals surface area contributed by atoms with E-state index in [9.17, 15) is 9.90 Å². The summed E-state index contributed by atoms with van der Waals surface area (Å²) in [6, 6.07) is 12.4. The molecule has 2 atom stereocenters. The number of carbonyl (C=O) groups is 1. The highest BCUT2D eigenvalue weighted by molar-refractivity contribution is 5.70. The third kappa shape index (κ3) is 4.96. The van der Waals surface area contributed by atoms with Gasteiger partial charge >= 0.3 is 5.97 Å². The Hall–Kier alpha value is -2.73. The van der Waals surface area contributed by atoms with Crippen molar-refractivity contribution in [2.75, 3.05) is 34.4 Å². The van der Waals surface area contributed by atoms with Gasteiger partial charge in [-0.3, -0.25) is 9.69 Å². The van der Waals surface area contributed by atoms with Crippen molar-refractivity contribution in [3.63, 3.8) is 0 Å². The van der Waals surface area contributed by atoms with Crippen molar-refractivity contribution < 1.29 is 24.1 Å². The first-order chi connectivity index (χ1) is 14.9. The van der Waals surface area contributed by atoms with Crippen LogP contribution in [0.15, 0.2) is 36.4 Å². The zero-order chi connectivity index (χ0) is 22.5. The highest BCUT2D eigenvalue weighted by atomic mass is 16.5. The third-order valence-corrected chi connectivity index (χ3v) is 6.09. The van der Waals surface area contributed by atoms with Crippen LogP contribution in [0.3, 0.4) is 0 Å². The number of carboxylic acid groups (broad SMARTS) is 1. The fourth-order valence-corrected chi connectivity index (χ4v) is 4.38. The molecule has 2 aromatic rings. The molecule has 1 N–H and O–H groups in total. The average molecular weight is 428 g/mol. The van der Waals surface area contributed by atoms with Crippen molar-refractivity contribution in [3.05, 3.63) is 53.1 Å². The predicted molar refractivity (Wildman–Crippen MR) is 120 cm³/mol. The summed E-state index contributed by atoms with van der Waals surface area (Å²) >= 11 is 0. The molecule has 2 unspecified atom stereocenters. The monoisotopic (exact) mass is 427 g/mol. The number of carboxylic acids is 1. The van der Waals surface area contributed by atoms with Gasteiger partial charge in [0.05, 0.1) is 33.3 Å². The lowest BCUT2D eigenvalue weighted by Gasteiger charge is -2.38. The SMILES string of the molecule is COc1cc(C(c2ccc(C(C)C)cc2)N2CCCC(C(=O)O)C2)cc(OC)c1OC. The van der Waals surface area contributed by atoms with Gasteiger partial charge in [-0.05, 0) is 54.1 Å². The molecular weight excluding hydrogens is 394 g/mol. The highest BCUT2D eigenvalue weighted by Gasteiger charge is 2.32. The van der Waals surface area contributed by atoms with Crippen LogP contribution in [0, 0.1) is 5.92 Å². The van der Waals surface area contributed by atoms with Crippen molar-refractivity contribution in [2.45, 2.75) is 38.6 Å². The number of methoxy groups -OCH3 is 3. The van der Waals surface area contributed by atoms with E-state index in [0.29, 0.717) is 36.1 Å². The molecule has 0 amide bonds. The first-order valence-corrected chi connectivity index (χ1v) is 10.8. The lowest BCUT2D eigenvalue weighted by atomic mass is 9.90. The molecule has 0 bridgehead atoms. The van der Waals surface area contributed by atoms with Gasteiger partial charge < -0.3 is 19.3 Å². The van der Waals surface area contributed by atoms with E-state index in [0.717, 1.165) is 24.1 Å². The van der Waals surface area contributed by atoms with Crippen molar-refractivity contribution in [1.29, 1.82) is 0 Å². The van der Waals surface area contributed by atoms with E-state index < -0.39 is 5.97 Å². The second-order valence-corrected chi connectivity index (χ2v) is 8.35. The minimum atomic E-state index is -0.733. The van der Waals surface area contributed by atoms with Gasteiger partial charge in [0.15, 0.2) is 11.5 Å². The minimum Gasteiger partial charge on any atom is -0.493 e. The van der Waals surface area contributed by atoms with Crippen molar-refractivity contribution in [3.8, 4) is 17.2 Å². The predicted octanol–water partition coefficient (Wildman–Crippen LogP) is 4.72. The second-order valence-electron chi connectivity index (χ2n) is 8.35. The smallest absolute Gasteiger partial charge is 0.307 e. The van der Waals surface area contributed by atoms with Gasteiger partial charge in [-0.15, -0.1) is 0 Å². The van der Waals surface area contributed by atoms with E-state index in [-0.39, 0.29) is 12.0 Å². The summed E-state index contributed by atoms with van der Waals surface area (Å²) in [6.45, 7) is 5.68. The van der Waals surface area contributed by atoms with E-state index in [1.807, 2.05) is 12.1 Å². The van der Waals surface area contributed by atoms with Crippen LogP contribution in [0.1, 0.15) is 55.3 Å². The molecule has 1 aliphatic heterocycles. The van der Waals surface area contributed by atoms with Crippen LogP contribution in [-0.4, -0.2) is 50.4 Å². The summed E-state index contributed by atoms with van der Waals surface area (Å²) in [7, 11) is 4.80. The lowest BCUT2D eigenvalue weighted by molar-refractivity contribution is -0.143.